The quantitative estimate of drug-likeness (QED) is 0.747. The number of benzene rings is 1. The van der Waals surface area contributed by atoms with Gasteiger partial charge in [-0.1, -0.05) is 28.1 Å². The number of rotatable bonds is 2. The fourth-order valence-electron chi connectivity index (χ4n) is 3.39. The molecule has 0 bridgehead atoms. The SMILES string of the molecule is Cc1c(Br)cccc1CN1CCN(C(=O)OC(C)(C)C)CC12CC2. The van der Waals surface area contributed by atoms with E-state index < -0.39 is 5.60 Å². The lowest BCUT2D eigenvalue weighted by Gasteiger charge is -2.42. The molecule has 0 unspecified atom stereocenters. The van der Waals surface area contributed by atoms with Gasteiger partial charge in [-0.2, -0.15) is 0 Å². The fraction of sp³-hybridized carbons (Fsp3) is 0.632. The van der Waals surface area contributed by atoms with E-state index in [1.165, 1.54) is 24.0 Å². The van der Waals surface area contributed by atoms with Crippen molar-refractivity contribution < 1.29 is 9.53 Å². The number of hydrogen-bond acceptors (Lipinski definition) is 3. The number of carbonyl (C=O) groups is 1. The molecule has 1 aromatic carbocycles. The number of hydrogen-bond donors (Lipinski definition) is 0. The standard InChI is InChI=1S/C19H27BrN2O2/c1-14-15(6-5-7-16(14)20)12-22-11-10-21(13-19(22)8-9-19)17(23)24-18(2,3)4/h5-7H,8-13H2,1-4H3. The fourth-order valence-corrected chi connectivity index (χ4v) is 3.80. The normalized spacial score (nSPS) is 20.3. The van der Waals surface area contributed by atoms with Crippen LogP contribution in [0.3, 0.4) is 0 Å². The van der Waals surface area contributed by atoms with Gasteiger partial charge < -0.3 is 9.64 Å². The largest absolute Gasteiger partial charge is 0.444 e. The zero-order valence-corrected chi connectivity index (χ0v) is 16.6. The maximum Gasteiger partial charge on any atom is 0.410 e. The third kappa shape index (κ3) is 3.77. The highest BCUT2D eigenvalue weighted by Crippen LogP contribution is 2.45. The highest BCUT2D eigenvalue weighted by molar-refractivity contribution is 9.10. The molecular weight excluding hydrogens is 368 g/mol. The second kappa shape index (κ2) is 6.34. The van der Waals surface area contributed by atoms with E-state index in [9.17, 15) is 4.79 Å². The van der Waals surface area contributed by atoms with Gasteiger partial charge in [-0.15, -0.1) is 0 Å². The van der Waals surface area contributed by atoms with Crippen LogP contribution in [0.2, 0.25) is 0 Å². The molecule has 1 saturated heterocycles. The van der Waals surface area contributed by atoms with Gasteiger partial charge >= 0.3 is 6.09 Å². The molecule has 5 heteroatoms. The van der Waals surface area contributed by atoms with Crippen LogP contribution >= 0.6 is 15.9 Å². The molecule has 1 saturated carbocycles. The molecule has 132 valence electrons. The first-order chi connectivity index (χ1) is 11.2. The molecule has 0 atom stereocenters. The monoisotopic (exact) mass is 394 g/mol. The molecule has 0 aromatic heterocycles. The summed E-state index contributed by atoms with van der Waals surface area (Å²) in [5, 5.41) is 0. The van der Waals surface area contributed by atoms with Crippen molar-refractivity contribution in [3.63, 3.8) is 0 Å². The van der Waals surface area contributed by atoms with E-state index in [1.54, 1.807) is 0 Å². The lowest BCUT2D eigenvalue weighted by atomic mass is 10.0. The molecule has 2 fully saturated rings. The van der Waals surface area contributed by atoms with Crippen LogP contribution in [-0.4, -0.2) is 46.7 Å². The summed E-state index contributed by atoms with van der Waals surface area (Å²) >= 11 is 3.62. The van der Waals surface area contributed by atoms with Crippen molar-refractivity contribution in [3.05, 3.63) is 33.8 Å². The molecule has 1 aromatic rings. The van der Waals surface area contributed by atoms with Crippen molar-refractivity contribution in [1.29, 1.82) is 0 Å². The van der Waals surface area contributed by atoms with E-state index >= 15 is 0 Å². The van der Waals surface area contributed by atoms with Crippen molar-refractivity contribution in [2.75, 3.05) is 19.6 Å². The topological polar surface area (TPSA) is 32.8 Å². The maximum absolute atomic E-state index is 12.4. The molecule has 0 N–H and O–H groups in total. The second-order valence-electron chi connectivity index (χ2n) is 8.07. The Morgan fingerprint density at radius 2 is 2.00 bits per heavy atom. The van der Waals surface area contributed by atoms with Crippen LogP contribution < -0.4 is 0 Å². The van der Waals surface area contributed by atoms with Crippen molar-refractivity contribution in [3.8, 4) is 0 Å². The Bertz CT molecular complexity index is 635. The Kier molecular flexibility index (Phi) is 4.69. The van der Waals surface area contributed by atoms with E-state index in [2.05, 4.69) is 46.0 Å². The van der Waals surface area contributed by atoms with E-state index in [4.69, 9.17) is 4.74 Å². The van der Waals surface area contributed by atoms with Crippen LogP contribution in [0, 0.1) is 6.92 Å². The number of nitrogens with zero attached hydrogens (tertiary/aromatic N) is 2. The Hall–Kier alpha value is -1.07. The third-order valence-corrected chi connectivity index (χ3v) is 5.87. The summed E-state index contributed by atoms with van der Waals surface area (Å²) in [6.07, 6.45) is 2.16. The van der Waals surface area contributed by atoms with Gasteiger partial charge in [0.15, 0.2) is 0 Å². The second-order valence-corrected chi connectivity index (χ2v) is 8.93. The molecule has 24 heavy (non-hydrogen) atoms. The minimum atomic E-state index is -0.432. The first-order valence-corrected chi connectivity index (χ1v) is 9.46. The number of piperazine rings is 1. The molecule has 1 aliphatic heterocycles. The van der Waals surface area contributed by atoms with E-state index in [0.717, 1.165) is 30.7 Å². The minimum absolute atomic E-state index is 0.157. The van der Waals surface area contributed by atoms with E-state index in [-0.39, 0.29) is 11.6 Å². The summed E-state index contributed by atoms with van der Waals surface area (Å²) < 4.78 is 6.71. The first kappa shape index (κ1) is 17.7. The highest BCUT2D eigenvalue weighted by Gasteiger charge is 2.52. The third-order valence-electron chi connectivity index (χ3n) is 5.02. The summed E-state index contributed by atoms with van der Waals surface area (Å²) in [5.41, 5.74) is 2.40. The van der Waals surface area contributed by atoms with Crippen LogP contribution in [0.4, 0.5) is 4.79 Å². The summed E-state index contributed by atoms with van der Waals surface area (Å²) in [4.78, 5) is 16.8. The predicted octanol–water partition coefficient (Wildman–Crippen LogP) is 4.34. The van der Waals surface area contributed by atoms with Gasteiger partial charge in [-0.3, -0.25) is 4.90 Å². The van der Waals surface area contributed by atoms with Gasteiger partial charge in [0, 0.05) is 36.2 Å². The molecule has 1 aliphatic carbocycles. The molecule has 2 aliphatic rings. The Morgan fingerprint density at radius 1 is 1.29 bits per heavy atom. The number of ether oxygens (including phenoxy) is 1. The van der Waals surface area contributed by atoms with E-state index in [1.807, 2.05) is 25.7 Å². The summed E-state index contributed by atoms with van der Waals surface area (Å²) in [6.45, 7) is 11.3. The average molecular weight is 395 g/mol. The minimum Gasteiger partial charge on any atom is -0.444 e. The van der Waals surface area contributed by atoms with Gasteiger partial charge in [0.2, 0.25) is 0 Å². The van der Waals surface area contributed by atoms with Crippen molar-refractivity contribution in [1.82, 2.24) is 9.80 Å². The van der Waals surface area contributed by atoms with Crippen molar-refractivity contribution >= 4 is 22.0 Å². The van der Waals surface area contributed by atoms with Gasteiger partial charge in [0.1, 0.15) is 5.60 Å². The Labute approximate surface area is 153 Å². The highest BCUT2D eigenvalue weighted by atomic mass is 79.9. The molecule has 3 rings (SSSR count). The predicted molar refractivity (Wildman–Crippen MR) is 99.1 cm³/mol. The van der Waals surface area contributed by atoms with Gasteiger partial charge in [-0.05, 0) is 57.7 Å². The molecule has 4 nitrogen and oxygen atoms in total. The molecule has 1 heterocycles. The van der Waals surface area contributed by atoms with Crippen LogP contribution in [0.15, 0.2) is 22.7 Å². The summed E-state index contributed by atoms with van der Waals surface area (Å²) in [7, 11) is 0. The van der Waals surface area contributed by atoms with E-state index in [0.29, 0.717) is 0 Å². The van der Waals surface area contributed by atoms with Gasteiger partial charge in [0.05, 0.1) is 0 Å². The zero-order valence-electron chi connectivity index (χ0n) is 15.1. The molecule has 0 radical (unpaired) electrons. The Balaban J connectivity index is 1.67. The molecule has 1 spiro atoms. The van der Waals surface area contributed by atoms with Crippen LogP contribution in [0.25, 0.3) is 0 Å². The smallest absolute Gasteiger partial charge is 0.410 e. The van der Waals surface area contributed by atoms with Gasteiger partial charge in [0.25, 0.3) is 0 Å². The lowest BCUT2D eigenvalue weighted by molar-refractivity contribution is -0.00242. The maximum atomic E-state index is 12.4. The van der Waals surface area contributed by atoms with Crippen molar-refractivity contribution in [2.45, 2.75) is 58.2 Å². The molecule has 1 amide bonds. The van der Waals surface area contributed by atoms with Crippen LogP contribution in [0.5, 0.6) is 0 Å². The van der Waals surface area contributed by atoms with Crippen LogP contribution in [-0.2, 0) is 11.3 Å². The number of carbonyl (C=O) groups excluding carboxylic acids is 1. The van der Waals surface area contributed by atoms with Gasteiger partial charge in [-0.25, -0.2) is 4.79 Å². The van der Waals surface area contributed by atoms with Crippen molar-refractivity contribution in [2.24, 2.45) is 0 Å². The Morgan fingerprint density at radius 3 is 2.62 bits per heavy atom. The molecular formula is C19H27BrN2O2. The average Bonchev–Trinajstić information content (AvgIpc) is 3.24. The van der Waals surface area contributed by atoms with Crippen LogP contribution in [0.1, 0.15) is 44.7 Å². The summed E-state index contributed by atoms with van der Waals surface area (Å²) in [6, 6.07) is 6.39. The number of halogens is 1. The summed E-state index contributed by atoms with van der Waals surface area (Å²) in [5.74, 6) is 0. The lowest BCUT2D eigenvalue weighted by Crippen LogP contribution is -2.56. The zero-order chi connectivity index (χ0) is 17.5. The number of amides is 1. The first-order valence-electron chi connectivity index (χ1n) is 8.67.